The van der Waals surface area contributed by atoms with Crippen molar-refractivity contribution >= 4 is 5.91 Å². The summed E-state index contributed by atoms with van der Waals surface area (Å²) in [5.74, 6) is 0.0494. The van der Waals surface area contributed by atoms with E-state index >= 15 is 0 Å². The van der Waals surface area contributed by atoms with Gasteiger partial charge in [-0.15, -0.1) is 0 Å². The Morgan fingerprint density at radius 1 is 1.47 bits per heavy atom. The molecule has 0 aliphatic rings. The highest BCUT2D eigenvalue weighted by Crippen LogP contribution is 2.08. The van der Waals surface area contributed by atoms with Gasteiger partial charge in [-0.3, -0.25) is 9.48 Å². The minimum Gasteiger partial charge on any atom is -0.354 e. The molecule has 0 spiro atoms. The van der Waals surface area contributed by atoms with Gasteiger partial charge in [0, 0.05) is 18.4 Å². The van der Waals surface area contributed by atoms with E-state index in [2.05, 4.69) is 17.3 Å². The van der Waals surface area contributed by atoms with Gasteiger partial charge in [-0.1, -0.05) is 26.2 Å². The molecule has 1 aromatic heterocycles. The van der Waals surface area contributed by atoms with Crippen LogP contribution in [0.15, 0.2) is 12.3 Å². The molecule has 1 heterocycles. The van der Waals surface area contributed by atoms with Crippen molar-refractivity contribution in [1.29, 1.82) is 0 Å². The van der Waals surface area contributed by atoms with Crippen LogP contribution in [0.2, 0.25) is 0 Å². The van der Waals surface area contributed by atoms with Crippen molar-refractivity contribution in [2.75, 3.05) is 6.54 Å². The molecule has 96 valence electrons. The summed E-state index contributed by atoms with van der Waals surface area (Å²) in [5, 5.41) is 7.11. The number of aryl methyl sites for hydroxylation is 1. The lowest BCUT2D eigenvalue weighted by atomic mass is 10.2. The minimum absolute atomic E-state index is 0.0494. The zero-order valence-corrected chi connectivity index (χ0v) is 11.1. The van der Waals surface area contributed by atoms with Crippen LogP contribution in [0.3, 0.4) is 0 Å². The second-order valence-corrected chi connectivity index (χ2v) is 4.44. The number of aromatic nitrogens is 2. The Balaban J connectivity index is 2.30. The lowest BCUT2D eigenvalue weighted by molar-refractivity contribution is -0.124. The van der Waals surface area contributed by atoms with Gasteiger partial charge in [0.15, 0.2) is 0 Å². The first kappa shape index (κ1) is 13.7. The molecule has 1 atom stereocenters. The molecule has 1 aromatic rings. The lowest BCUT2D eigenvalue weighted by Gasteiger charge is -2.14. The molecule has 1 rings (SSSR count). The van der Waals surface area contributed by atoms with Gasteiger partial charge < -0.3 is 5.32 Å². The van der Waals surface area contributed by atoms with Crippen molar-refractivity contribution in [1.82, 2.24) is 15.1 Å². The van der Waals surface area contributed by atoms with E-state index in [9.17, 15) is 4.79 Å². The van der Waals surface area contributed by atoms with Gasteiger partial charge >= 0.3 is 0 Å². The van der Waals surface area contributed by atoms with Crippen molar-refractivity contribution in [2.45, 2.75) is 52.5 Å². The van der Waals surface area contributed by atoms with Crippen LogP contribution in [0.25, 0.3) is 0 Å². The van der Waals surface area contributed by atoms with Crippen molar-refractivity contribution in [3.05, 3.63) is 18.0 Å². The molecule has 0 fully saturated rings. The van der Waals surface area contributed by atoms with Gasteiger partial charge in [-0.25, -0.2) is 0 Å². The zero-order valence-electron chi connectivity index (χ0n) is 11.1. The normalized spacial score (nSPS) is 12.4. The summed E-state index contributed by atoms with van der Waals surface area (Å²) < 4.78 is 1.75. The number of carbonyl (C=O) groups is 1. The summed E-state index contributed by atoms with van der Waals surface area (Å²) in [7, 11) is 0. The minimum atomic E-state index is -0.226. The van der Waals surface area contributed by atoms with Gasteiger partial charge in [0.2, 0.25) is 5.91 Å². The molecular weight excluding hydrogens is 214 g/mol. The number of nitrogens with zero attached hydrogens (tertiary/aromatic N) is 2. The summed E-state index contributed by atoms with van der Waals surface area (Å²) in [6.45, 7) is 6.78. The van der Waals surface area contributed by atoms with E-state index in [1.807, 2.05) is 19.9 Å². The first-order chi connectivity index (χ1) is 8.16. The Labute approximate surface area is 103 Å². The predicted octanol–water partition coefficient (Wildman–Crippen LogP) is 2.45. The maximum absolute atomic E-state index is 11.9. The monoisotopic (exact) mass is 237 g/mol. The third-order valence-corrected chi connectivity index (χ3v) is 2.94. The Hall–Kier alpha value is -1.32. The van der Waals surface area contributed by atoms with Crippen LogP contribution < -0.4 is 5.32 Å². The third-order valence-electron chi connectivity index (χ3n) is 2.94. The van der Waals surface area contributed by atoms with Crippen LogP contribution in [0.4, 0.5) is 0 Å². The number of rotatable bonds is 7. The van der Waals surface area contributed by atoms with E-state index in [0.717, 1.165) is 18.7 Å². The first-order valence-corrected chi connectivity index (χ1v) is 6.44. The molecule has 0 saturated heterocycles. The maximum atomic E-state index is 11.9. The fourth-order valence-electron chi connectivity index (χ4n) is 1.81. The molecule has 4 nitrogen and oxygen atoms in total. The molecule has 1 amide bonds. The van der Waals surface area contributed by atoms with Gasteiger partial charge in [-0.2, -0.15) is 5.10 Å². The van der Waals surface area contributed by atoms with Crippen LogP contribution in [0.5, 0.6) is 0 Å². The first-order valence-electron chi connectivity index (χ1n) is 6.44. The van der Waals surface area contributed by atoms with Crippen molar-refractivity contribution in [3.63, 3.8) is 0 Å². The third kappa shape index (κ3) is 4.21. The molecule has 1 N–H and O–H groups in total. The summed E-state index contributed by atoms with van der Waals surface area (Å²) in [6, 6.07) is 1.68. The van der Waals surface area contributed by atoms with Crippen LogP contribution in [-0.2, 0) is 4.79 Å². The Kier molecular flexibility index (Phi) is 5.73. The molecule has 0 bridgehead atoms. The van der Waals surface area contributed by atoms with E-state index in [0.29, 0.717) is 0 Å². The van der Waals surface area contributed by atoms with Crippen LogP contribution in [0, 0.1) is 6.92 Å². The largest absolute Gasteiger partial charge is 0.354 e. The lowest BCUT2D eigenvalue weighted by Crippen LogP contribution is -2.32. The standard InChI is InChI=1S/C13H23N3O/c1-4-5-6-7-9-14-13(17)12(3)16-11(2)8-10-15-16/h8,10,12H,4-7,9H2,1-3H3,(H,14,17). The number of hydrogen-bond acceptors (Lipinski definition) is 2. The molecule has 17 heavy (non-hydrogen) atoms. The summed E-state index contributed by atoms with van der Waals surface area (Å²) >= 11 is 0. The highest BCUT2D eigenvalue weighted by atomic mass is 16.2. The number of nitrogens with one attached hydrogen (secondary N) is 1. The van der Waals surface area contributed by atoms with Crippen LogP contribution in [0.1, 0.15) is 51.3 Å². The highest BCUT2D eigenvalue weighted by Gasteiger charge is 2.15. The molecule has 0 aliphatic carbocycles. The SMILES string of the molecule is CCCCCCNC(=O)C(C)n1nccc1C. The predicted molar refractivity (Wildman–Crippen MR) is 68.8 cm³/mol. The number of carbonyl (C=O) groups excluding carboxylic acids is 1. The summed E-state index contributed by atoms with van der Waals surface area (Å²) in [5.41, 5.74) is 1.01. The number of hydrogen-bond donors (Lipinski definition) is 1. The van der Waals surface area contributed by atoms with Crippen molar-refractivity contribution in [2.24, 2.45) is 0 Å². The molecule has 0 aromatic carbocycles. The average Bonchev–Trinajstić information content (AvgIpc) is 2.74. The zero-order chi connectivity index (χ0) is 12.7. The quantitative estimate of drug-likeness (QED) is 0.740. The molecule has 0 saturated carbocycles. The Bertz CT molecular complexity index is 346. The van der Waals surface area contributed by atoms with E-state index < -0.39 is 0 Å². The Morgan fingerprint density at radius 2 is 2.24 bits per heavy atom. The number of unbranched alkanes of at least 4 members (excludes halogenated alkanes) is 3. The molecule has 0 radical (unpaired) electrons. The van der Waals surface area contributed by atoms with Gasteiger partial charge in [0.1, 0.15) is 6.04 Å². The molecular formula is C13H23N3O. The van der Waals surface area contributed by atoms with Crippen molar-refractivity contribution in [3.8, 4) is 0 Å². The second-order valence-electron chi connectivity index (χ2n) is 4.44. The van der Waals surface area contributed by atoms with E-state index in [4.69, 9.17) is 0 Å². The molecule has 4 heteroatoms. The van der Waals surface area contributed by atoms with Gasteiger partial charge in [0.25, 0.3) is 0 Å². The molecule has 1 unspecified atom stereocenters. The summed E-state index contributed by atoms with van der Waals surface area (Å²) in [4.78, 5) is 11.9. The smallest absolute Gasteiger partial charge is 0.244 e. The second kappa shape index (κ2) is 7.09. The van der Waals surface area contributed by atoms with E-state index in [1.165, 1.54) is 19.3 Å². The van der Waals surface area contributed by atoms with Crippen LogP contribution >= 0.6 is 0 Å². The number of amides is 1. The van der Waals surface area contributed by atoms with E-state index in [1.54, 1.807) is 10.9 Å². The highest BCUT2D eigenvalue weighted by molar-refractivity contribution is 5.79. The van der Waals surface area contributed by atoms with Gasteiger partial charge in [-0.05, 0) is 26.3 Å². The van der Waals surface area contributed by atoms with E-state index in [-0.39, 0.29) is 11.9 Å². The van der Waals surface area contributed by atoms with Crippen molar-refractivity contribution < 1.29 is 4.79 Å². The maximum Gasteiger partial charge on any atom is 0.244 e. The van der Waals surface area contributed by atoms with Gasteiger partial charge in [0.05, 0.1) is 0 Å². The topological polar surface area (TPSA) is 46.9 Å². The average molecular weight is 237 g/mol. The fraction of sp³-hybridized carbons (Fsp3) is 0.692. The Morgan fingerprint density at radius 3 is 2.82 bits per heavy atom. The molecule has 0 aliphatic heterocycles. The fourth-order valence-corrected chi connectivity index (χ4v) is 1.81. The van der Waals surface area contributed by atoms with Crippen LogP contribution in [-0.4, -0.2) is 22.2 Å². The summed E-state index contributed by atoms with van der Waals surface area (Å²) in [6.07, 6.45) is 6.43.